The van der Waals surface area contributed by atoms with Crippen LogP contribution in [-0.4, -0.2) is 0 Å². The second-order valence-corrected chi connectivity index (χ2v) is 7.08. The summed E-state index contributed by atoms with van der Waals surface area (Å²) in [4.78, 5) is 0. The lowest BCUT2D eigenvalue weighted by molar-refractivity contribution is 0.492. The summed E-state index contributed by atoms with van der Waals surface area (Å²) in [6, 6.07) is 28.4. The van der Waals surface area contributed by atoms with Gasteiger partial charge in [0.25, 0.3) is 0 Å². The molecule has 0 fully saturated rings. The third kappa shape index (κ3) is 2.31. The Hall–Kier alpha value is -2.80. The van der Waals surface area contributed by atoms with Gasteiger partial charge in [-0.1, -0.05) is 72.8 Å². The lowest BCUT2D eigenvalue weighted by Gasteiger charge is -2.42. The third-order valence-electron chi connectivity index (χ3n) is 5.57. The number of para-hydroxylation sites is 1. The zero-order valence-corrected chi connectivity index (χ0v) is 14.2. The van der Waals surface area contributed by atoms with Gasteiger partial charge in [0, 0.05) is 11.3 Å². The van der Waals surface area contributed by atoms with Gasteiger partial charge in [0.2, 0.25) is 0 Å². The molecule has 0 radical (unpaired) electrons. The minimum absolute atomic E-state index is 0.103. The first-order chi connectivity index (χ1) is 12.4. The van der Waals surface area contributed by atoms with Gasteiger partial charge >= 0.3 is 0 Å². The molecule has 2 aliphatic rings. The van der Waals surface area contributed by atoms with Gasteiger partial charge in [-0.25, -0.2) is 0 Å². The Kier molecular flexibility index (Phi) is 3.27. The molecule has 5 rings (SSSR count). The Morgan fingerprint density at radius 2 is 1.52 bits per heavy atom. The average Bonchev–Trinajstić information content (AvgIpc) is 2.68. The zero-order chi connectivity index (χ0) is 16.7. The molecule has 1 atom stereocenters. The fraction of sp³-hybridized carbons (Fsp3) is 0.167. The van der Waals surface area contributed by atoms with E-state index in [9.17, 15) is 0 Å². The van der Waals surface area contributed by atoms with Crippen LogP contribution < -0.4 is 5.32 Å². The smallest absolute Gasteiger partial charge is 0.0821 e. The maximum absolute atomic E-state index is 3.89. The highest BCUT2D eigenvalue weighted by molar-refractivity contribution is 5.90. The summed E-state index contributed by atoms with van der Waals surface area (Å²) in [7, 11) is 0. The second kappa shape index (κ2) is 5.63. The minimum Gasteiger partial charge on any atom is -0.372 e. The minimum atomic E-state index is -0.103. The van der Waals surface area contributed by atoms with Crippen molar-refractivity contribution in [2.45, 2.75) is 24.8 Å². The third-order valence-corrected chi connectivity index (χ3v) is 5.57. The molecule has 1 aliphatic carbocycles. The summed E-state index contributed by atoms with van der Waals surface area (Å²) in [6.45, 7) is 0. The van der Waals surface area contributed by atoms with Crippen molar-refractivity contribution in [3.05, 3.63) is 107 Å². The van der Waals surface area contributed by atoms with Crippen molar-refractivity contribution >= 4 is 11.3 Å². The van der Waals surface area contributed by atoms with E-state index in [1.54, 1.807) is 0 Å². The molecule has 1 heterocycles. The quantitative estimate of drug-likeness (QED) is 0.599. The molecule has 3 aromatic carbocycles. The predicted octanol–water partition coefficient (Wildman–Crippen LogP) is 5.78. The highest BCUT2D eigenvalue weighted by Crippen LogP contribution is 2.46. The van der Waals surface area contributed by atoms with Crippen molar-refractivity contribution in [2.75, 3.05) is 5.32 Å². The molecule has 25 heavy (non-hydrogen) atoms. The van der Waals surface area contributed by atoms with Crippen molar-refractivity contribution < 1.29 is 0 Å². The summed E-state index contributed by atoms with van der Waals surface area (Å²) in [6.07, 6.45) is 6.00. The van der Waals surface area contributed by atoms with Crippen LogP contribution in [0, 0.1) is 0 Å². The molecule has 0 saturated heterocycles. The molecule has 1 aliphatic heterocycles. The molecule has 0 bridgehead atoms. The van der Waals surface area contributed by atoms with E-state index in [1.165, 1.54) is 46.4 Å². The topological polar surface area (TPSA) is 12.0 Å². The monoisotopic (exact) mass is 323 g/mol. The van der Waals surface area contributed by atoms with E-state index in [2.05, 4.69) is 90.3 Å². The largest absolute Gasteiger partial charge is 0.372 e. The van der Waals surface area contributed by atoms with Gasteiger partial charge in [0.05, 0.1) is 5.54 Å². The first-order valence-corrected chi connectivity index (χ1v) is 9.10. The number of aryl methyl sites for hydroxylation is 1. The van der Waals surface area contributed by atoms with E-state index in [-0.39, 0.29) is 5.54 Å². The van der Waals surface area contributed by atoms with Crippen molar-refractivity contribution in [3.63, 3.8) is 0 Å². The maximum Gasteiger partial charge on any atom is 0.0821 e. The van der Waals surface area contributed by atoms with Crippen molar-refractivity contribution in [1.29, 1.82) is 0 Å². The highest BCUT2D eigenvalue weighted by atomic mass is 15.0. The first-order valence-electron chi connectivity index (χ1n) is 9.10. The Labute approximate surface area is 149 Å². The van der Waals surface area contributed by atoms with Crippen LogP contribution in [0.2, 0.25) is 0 Å². The second-order valence-electron chi connectivity index (χ2n) is 7.08. The molecule has 0 saturated carbocycles. The van der Waals surface area contributed by atoms with Crippen LogP contribution in [0.1, 0.15) is 35.1 Å². The van der Waals surface area contributed by atoms with E-state index < -0.39 is 0 Å². The van der Waals surface area contributed by atoms with Gasteiger partial charge < -0.3 is 5.32 Å². The van der Waals surface area contributed by atoms with Gasteiger partial charge in [0.15, 0.2) is 0 Å². The summed E-state index contributed by atoms with van der Waals surface area (Å²) in [5.74, 6) is 0. The van der Waals surface area contributed by atoms with Crippen LogP contribution in [0.4, 0.5) is 5.69 Å². The zero-order valence-electron chi connectivity index (χ0n) is 14.2. The summed E-state index contributed by atoms with van der Waals surface area (Å²) in [5, 5.41) is 3.89. The number of hydrogen-bond donors (Lipinski definition) is 1. The van der Waals surface area contributed by atoms with Crippen molar-refractivity contribution in [2.24, 2.45) is 0 Å². The van der Waals surface area contributed by atoms with E-state index in [0.29, 0.717) is 0 Å². The SMILES string of the molecule is C1=C(c2ccccc2)c2ccccc2NC12CCCc1ccccc12. The van der Waals surface area contributed by atoms with Crippen LogP contribution in [0.15, 0.2) is 84.9 Å². The lowest BCUT2D eigenvalue weighted by Crippen LogP contribution is -2.39. The molecule has 0 aromatic heterocycles. The number of rotatable bonds is 1. The van der Waals surface area contributed by atoms with Crippen LogP contribution in [-0.2, 0) is 12.0 Å². The van der Waals surface area contributed by atoms with Crippen LogP contribution in [0.5, 0.6) is 0 Å². The number of hydrogen-bond acceptors (Lipinski definition) is 1. The number of benzene rings is 3. The van der Waals surface area contributed by atoms with E-state index >= 15 is 0 Å². The Morgan fingerprint density at radius 1 is 0.760 bits per heavy atom. The summed E-state index contributed by atoms with van der Waals surface area (Å²) >= 11 is 0. The van der Waals surface area contributed by atoms with Gasteiger partial charge in [0.1, 0.15) is 0 Å². The first kappa shape index (κ1) is 14.5. The molecular weight excluding hydrogens is 302 g/mol. The van der Waals surface area contributed by atoms with Crippen LogP contribution >= 0.6 is 0 Å². The van der Waals surface area contributed by atoms with Gasteiger partial charge in [-0.05, 0) is 53.7 Å². The average molecular weight is 323 g/mol. The number of nitrogens with one attached hydrogen (secondary N) is 1. The normalized spacial score (nSPS) is 21.0. The van der Waals surface area contributed by atoms with Crippen molar-refractivity contribution in [3.8, 4) is 0 Å². The standard InChI is InChI=1S/C24H21N/c1-2-9-18(10-3-1)21-17-24(25-23-15-7-5-13-20(21)23)16-8-12-19-11-4-6-14-22(19)24/h1-7,9-11,13-15,17,25H,8,12,16H2. The van der Waals surface area contributed by atoms with E-state index in [0.717, 1.165) is 6.42 Å². The van der Waals surface area contributed by atoms with E-state index in [4.69, 9.17) is 0 Å². The molecule has 1 spiro atoms. The highest BCUT2D eigenvalue weighted by Gasteiger charge is 2.38. The number of fused-ring (bicyclic) bond motifs is 3. The van der Waals surface area contributed by atoms with Gasteiger partial charge in [-0.2, -0.15) is 0 Å². The molecule has 1 nitrogen and oxygen atoms in total. The number of anilines is 1. The van der Waals surface area contributed by atoms with Crippen LogP contribution in [0.25, 0.3) is 5.57 Å². The molecular formula is C24H21N. The molecule has 1 N–H and O–H groups in total. The van der Waals surface area contributed by atoms with Crippen LogP contribution in [0.3, 0.4) is 0 Å². The molecule has 1 unspecified atom stereocenters. The summed E-state index contributed by atoms with van der Waals surface area (Å²) < 4.78 is 0. The molecule has 1 heteroatoms. The van der Waals surface area contributed by atoms with E-state index in [1.807, 2.05) is 0 Å². The maximum atomic E-state index is 3.89. The molecule has 3 aromatic rings. The fourth-order valence-corrected chi connectivity index (χ4v) is 4.43. The molecule has 0 amide bonds. The Morgan fingerprint density at radius 3 is 2.44 bits per heavy atom. The Balaban J connectivity index is 1.77. The fourth-order valence-electron chi connectivity index (χ4n) is 4.43. The van der Waals surface area contributed by atoms with Gasteiger partial charge in [-0.15, -0.1) is 0 Å². The van der Waals surface area contributed by atoms with Gasteiger partial charge in [-0.3, -0.25) is 0 Å². The lowest BCUT2D eigenvalue weighted by atomic mass is 9.72. The predicted molar refractivity (Wildman–Crippen MR) is 105 cm³/mol. The van der Waals surface area contributed by atoms with Crippen molar-refractivity contribution in [1.82, 2.24) is 0 Å². The molecule has 122 valence electrons. The Bertz CT molecular complexity index is 955. The summed E-state index contributed by atoms with van der Waals surface area (Å²) in [5.41, 5.74) is 7.97.